The summed E-state index contributed by atoms with van der Waals surface area (Å²) in [5.74, 6) is -0.401. The van der Waals surface area contributed by atoms with Crippen molar-refractivity contribution in [3.8, 4) is 5.75 Å². The average molecular weight is 289 g/mol. The molecule has 0 fully saturated rings. The highest BCUT2D eigenvalue weighted by Gasteiger charge is 2.19. The first-order chi connectivity index (χ1) is 9.90. The molecule has 0 radical (unpaired) electrons. The zero-order chi connectivity index (χ0) is 15.7. The number of nitrogens with one attached hydrogen (secondary N) is 1. The molecule has 2 rings (SSSR count). The quantitative estimate of drug-likeness (QED) is 0.688. The van der Waals surface area contributed by atoms with E-state index in [0.717, 1.165) is 5.56 Å². The first-order valence-corrected chi connectivity index (χ1v) is 6.28. The van der Waals surface area contributed by atoms with E-state index in [-0.39, 0.29) is 28.5 Å². The monoisotopic (exact) mass is 289 g/mol. The zero-order valence-electron chi connectivity index (χ0n) is 12.2. The van der Waals surface area contributed by atoms with Gasteiger partial charge in [-0.05, 0) is 38.0 Å². The van der Waals surface area contributed by atoms with E-state index in [4.69, 9.17) is 9.15 Å². The highest BCUT2D eigenvalue weighted by atomic mass is 16.5. The third-order valence-corrected chi connectivity index (χ3v) is 3.39. The Morgan fingerprint density at radius 1 is 1.33 bits per heavy atom. The van der Waals surface area contributed by atoms with Crippen molar-refractivity contribution in [3.63, 3.8) is 0 Å². The molecule has 1 heterocycles. The van der Waals surface area contributed by atoms with Crippen LogP contribution in [0, 0.1) is 20.8 Å². The van der Waals surface area contributed by atoms with Crippen LogP contribution in [0.15, 0.2) is 15.3 Å². The maximum atomic E-state index is 12.5. The van der Waals surface area contributed by atoms with E-state index in [1.165, 1.54) is 7.11 Å². The molecule has 1 aromatic carbocycles. The van der Waals surface area contributed by atoms with E-state index in [9.17, 15) is 14.4 Å². The zero-order valence-corrected chi connectivity index (χ0v) is 12.2. The molecule has 110 valence electrons. The Morgan fingerprint density at radius 3 is 2.57 bits per heavy atom. The number of aldehydes is 1. The Bertz CT molecular complexity index is 804. The number of ether oxygens (including phenoxy) is 1. The van der Waals surface area contributed by atoms with Crippen molar-refractivity contribution in [2.24, 2.45) is 0 Å². The van der Waals surface area contributed by atoms with Crippen LogP contribution in [-0.4, -0.2) is 19.3 Å². The molecule has 1 aromatic heterocycles. The van der Waals surface area contributed by atoms with Gasteiger partial charge >= 0.3 is 0 Å². The molecular weight excluding hydrogens is 274 g/mol. The van der Waals surface area contributed by atoms with Gasteiger partial charge in [-0.2, -0.15) is 0 Å². The smallest absolute Gasteiger partial charge is 0.288 e. The number of methoxy groups -OCH3 is 1. The Hall–Kier alpha value is -2.63. The lowest BCUT2D eigenvalue weighted by molar-refractivity contribution is -0.127. The van der Waals surface area contributed by atoms with Crippen LogP contribution in [0.3, 0.4) is 0 Å². The first-order valence-electron chi connectivity index (χ1n) is 6.28. The normalized spacial score (nSPS) is 10.5. The van der Waals surface area contributed by atoms with Gasteiger partial charge in [0.2, 0.25) is 17.5 Å². The second-order valence-electron chi connectivity index (χ2n) is 4.69. The molecule has 1 amide bonds. The maximum absolute atomic E-state index is 12.5. The lowest BCUT2D eigenvalue weighted by Gasteiger charge is -2.13. The third kappa shape index (κ3) is 2.40. The summed E-state index contributed by atoms with van der Waals surface area (Å²) in [5.41, 5.74) is 1.74. The maximum Gasteiger partial charge on any atom is 0.288 e. The van der Waals surface area contributed by atoms with Gasteiger partial charge in [0, 0.05) is 0 Å². The topological polar surface area (TPSA) is 85.6 Å². The van der Waals surface area contributed by atoms with Crippen LogP contribution in [0.25, 0.3) is 11.0 Å². The molecule has 0 spiro atoms. The summed E-state index contributed by atoms with van der Waals surface area (Å²) in [6.07, 6.45) is 0.153. The molecule has 0 bridgehead atoms. The van der Waals surface area contributed by atoms with Gasteiger partial charge in [-0.1, -0.05) is 0 Å². The number of anilines is 1. The lowest BCUT2D eigenvalue weighted by Crippen LogP contribution is -2.17. The molecule has 0 aliphatic rings. The predicted molar refractivity (Wildman–Crippen MR) is 77.9 cm³/mol. The van der Waals surface area contributed by atoms with Gasteiger partial charge in [0.15, 0.2) is 0 Å². The number of fused-ring (bicyclic) bond motifs is 1. The number of carbonyl (C=O) groups is 2. The Balaban J connectivity index is 2.93. The first kappa shape index (κ1) is 14.8. The van der Waals surface area contributed by atoms with E-state index < -0.39 is 5.91 Å². The molecular formula is C15H15NO5. The Kier molecular flexibility index (Phi) is 3.80. The van der Waals surface area contributed by atoms with Crippen molar-refractivity contribution in [2.75, 3.05) is 12.4 Å². The van der Waals surface area contributed by atoms with Gasteiger partial charge in [0.05, 0.1) is 18.2 Å². The summed E-state index contributed by atoms with van der Waals surface area (Å²) in [5, 5.41) is 2.62. The molecule has 0 unspecified atom stereocenters. The number of rotatable bonds is 3. The van der Waals surface area contributed by atoms with E-state index in [1.54, 1.807) is 19.9 Å². The minimum Gasteiger partial charge on any atom is -0.490 e. The van der Waals surface area contributed by atoms with E-state index in [2.05, 4.69) is 5.32 Å². The third-order valence-electron chi connectivity index (χ3n) is 3.39. The van der Waals surface area contributed by atoms with Crippen LogP contribution in [0.5, 0.6) is 5.75 Å². The molecule has 2 aromatic rings. The van der Waals surface area contributed by atoms with Gasteiger partial charge in [-0.25, -0.2) is 0 Å². The fraction of sp³-hybridized carbons (Fsp3) is 0.267. The van der Waals surface area contributed by atoms with Gasteiger partial charge in [0.25, 0.3) is 5.91 Å². The number of benzene rings is 1. The molecule has 21 heavy (non-hydrogen) atoms. The van der Waals surface area contributed by atoms with Gasteiger partial charge in [0.1, 0.15) is 11.3 Å². The van der Waals surface area contributed by atoms with Crippen LogP contribution >= 0.6 is 0 Å². The number of amides is 1. The van der Waals surface area contributed by atoms with E-state index >= 15 is 0 Å². The fourth-order valence-electron chi connectivity index (χ4n) is 2.22. The second kappa shape index (κ2) is 5.40. The van der Waals surface area contributed by atoms with Crippen molar-refractivity contribution in [1.29, 1.82) is 0 Å². The molecule has 0 atom stereocenters. The Morgan fingerprint density at radius 2 is 2.00 bits per heavy atom. The van der Waals surface area contributed by atoms with Crippen molar-refractivity contribution >= 4 is 28.8 Å². The van der Waals surface area contributed by atoms with Gasteiger partial charge in [-0.15, -0.1) is 0 Å². The highest BCUT2D eigenvalue weighted by molar-refractivity contribution is 6.30. The second-order valence-corrected chi connectivity index (χ2v) is 4.69. The Labute approximate surface area is 120 Å². The van der Waals surface area contributed by atoms with Crippen molar-refractivity contribution in [1.82, 2.24) is 0 Å². The minimum atomic E-state index is -0.830. The van der Waals surface area contributed by atoms with Gasteiger partial charge in [-0.3, -0.25) is 14.4 Å². The summed E-state index contributed by atoms with van der Waals surface area (Å²) in [6.45, 7) is 5.20. The van der Waals surface area contributed by atoms with Gasteiger partial charge < -0.3 is 14.5 Å². The largest absolute Gasteiger partial charge is 0.490 e. The van der Waals surface area contributed by atoms with Crippen LogP contribution < -0.4 is 15.5 Å². The van der Waals surface area contributed by atoms with Crippen LogP contribution in [0.4, 0.5) is 5.69 Å². The van der Waals surface area contributed by atoms with Crippen molar-refractivity contribution in [2.45, 2.75) is 20.8 Å². The van der Waals surface area contributed by atoms with Crippen molar-refractivity contribution < 1.29 is 18.7 Å². The summed E-state index contributed by atoms with van der Waals surface area (Å²) in [6, 6.07) is 1.72. The number of hydrogen-bond acceptors (Lipinski definition) is 5. The lowest BCUT2D eigenvalue weighted by atomic mass is 10.0. The summed E-state index contributed by atoms with van der Waals surface area (Å²) in [7, 11) is 1.37. The number of hydrogen-bond donors (Lipinski definition) is 1. The summed E-state index contributed by atoms with van der Waals surface area (Å²) in [4.78, 5) is 34.5. The standard InChI is InChI=1S/C15H15NO5/c1-7-5-10-12(13(8(7)2)16-11(18)6-17)14(19)15(20-4)9(3)21-10/h5-6H,1-4H3,(H,16,18). The summed E-state index contributed by atoms with van der Waals surface area (Å²) >= 11 is 0. The molecule has 1 N–H and O–H groups in total. The van der Waals surface area contributed by atoms with Crippen molar-refractivity contribution in [3.05, 3.63) is 33.2 Å². The average Bonchev–Trinajstić information content (AvgIpc) is 2.43. The molecule has 0 saturated heterocycles. The van der Waals surface area contributed by atoms with E-state index in [0.29, 0.717) is 16.9 Å². The number of aryl methyl sites for hydroxylation is 2. The SMILES string of the molecule is COc1c(C)oc2cc(C)c(C)c(NC(=O)C=O)c2c1=O. The molecule has 6 heteroatoms. The molecule has 0 aliphatic carbocycles. The minimum absolute atomic E-state index is 0.0763. The van der Waals surface area contributed by atoms with E-state index in [1.807, 2.05) is 6.92 Å². The summed E-state index contributed by atoms with van der Waals surface area (Å²) < 4.78 is 10.6. The molecule has 0 saturated carbocycles. The molecule has 6 nitrogen and oxygen atoms in total. The number of carbonyl (C=O) groups excluding carboxylic acids is 2. The van der Waals surface area contributed by atoms with Crippen LogP contribution in [0.1, 0.15) is 16.9 Å². The van der Waals surface area contributed by atoms with Crippen LogP contribution in [0.2, 0.25) is 0 Å². The molecule has 0 aliphatic heterocycles. The fourth-order valence-corrected chi connectivity index (χ4v) is 2.22. The highest BCUT2D eigenvalue weighted by Crippen LogP contribution is 2.30. The predicted octanol–water partition coefficient (Wildman–Crippen LogP) is 1.86. The van der Waals surface area contributed by atoms with Crippen LogP contribution in [-0.2, 0) is 9.59 Å².